The highest BCUT2D eigenvalue weighted by atomic mass is 16.5. The third-order valence-corrected chi connectivity index (χ3v) is 2.68. The fourth-order valence-corrected chi connectivity index (χ4v) is 1.86. The van der Waals surface area contributed by atoms with Crippen molar-refractivity contribution in [2.45, 2.75) is 26.4 Å². The summed E-state index contributed by atoms with van der Waals surface area (Å²) < 4.78 is 5.66. The molecular formula is C14H17NO2. The molecule has 1 aromatic heterocycles. The summed E-state index contributed by atoms with van der Waals surface area (Å²) in [5, 5.41) is 10.7. The van der Waals surface area contributed by atoms with E-state index in [-0.39, 0.29) is 0 Å². The predicted molar refractivity (Wildman–Crippen MR) is 68.2 cm³/mol. The summed E-state index contributed by atoms with van der Waals surface area (Å²) in [4.78, 5) is 4.34. The lowest BCUT2D eigenvalue weighted by atomic mass is 10.0. The zero-order chi connectivity index (χ0) is 12.3. The summed E-state index contributed by atoms with van der Waals surface area (Å²) in [5.41, 5.74) is 1.70. The number of pyridine rings is 1. The van der Waals surface area contributed by atoms with E-state index in [1.807, 2.05) is 24.3 Å². The molecule has 1 N–H and O–H groups in total. The highest BCUT2D eigenvalue weighted by Gasteiger charge is 2.10. The molecule has 0 amide bonds. The van der Waals surface area contributed by atoms with Crippen LogP contribution < -0.4 is 4.74 Å². The van der Waals surface area contributed by atoms with Crippen molar-refractivity contribution in [1.82, 2.24) is 4.98 Å². The van der Waals surface area contributed by atoms with E-state index in [4.69, 9.17) is 4.74 Å². The van der Waals surface area contributed by atoms with E-state index in [0.29, 0.717) is 6.61 Å². The van der Waals surface area contributed by atoms with Crippen molar-refractivity contribution in [1.29, 1.82) is 0 Å². The Bertz CT molecular complexity index is 509. The fourth-order valence-electron chi connectivity index (χ4n) is 1.86. The van der Waals surface area contributed by atoms with Gasteiger partial charge in [0.1, 0.15) is 11.3 Å². The Morgan fingerprint density at radius 2 is 2.18 bits per heavy atom. The smallest absolute Gasteiger partial charge is 0.145 e. The van der Waals surface area contributed by atoms with Crippen molar-refractivity contribution in [3.63, 3.8) is 0 Å². The Morgan fingerprint density at radius 1 is 1.35 bits per heavy atom. The number of fused-ring (bicyclic) bond motifs is 1. The summed E-state index contributed by atoms with van der Waals surface area (Å²) in [6, 6.07) is 7.62. The van der Waals surface area contributed by atoms with Crippen molar-refractivity contribution < 1.29 is 9.84 Å². The maximum atomic E-state index is 9.72. The molecule has 3 heteroatoms. The number of hydrogen-bond acceptors (Lipinski definition) is 3. The number of aliphatic hydroxyl groups is 1. The maximum Gasteiger partial charge on any atom is 0.145 e. The van der Waals surface area contributed by atoms with Gasteiger partial charge in [-0.1, -0.05) is 19.1 Å². The molecule has 3 nitrogen and oxygen atoms in total. The SMILES string of the molecule is CCCOc1ccc(C(C)O)c2cccnc12. The summed E-state index contributed by atoms with van der Waals surface area (Å²) in [6.07, 6.45) is 2.21. The lowest BCUT2D eigenvalue weighted by Crippen LogP contribution is -1.99. The van der Waals surface area contributed by atoms with Crippen LogP contribution >= 0.6 is 0 Å². The average molecular weight is 231 g/mol. The van der Waals surface area contributed by atoms with E-state index >= 15 is 0 Å². The minimum atomic E-state index is -0.498. The van der Waals surface area contributed by atoms with Gasteiger partial charge in [-0.25, -0.2) is 0 Å². The van der Waals surface area contributed by atoms with E-state index in [0.717, 1.165) is 28.6 Å². The molecule has 17 heavy (non-hydrogen) atoms. The van der Waals surface area contributed by atoms with Gasteiger partial charge in [-0.2, -0.15) is 0 Å². The highest BCUT2D eigenvalue weighted by Crippen LogP contribution is 2.29. The fraction of sp³-hybridized carbons (Fsp3) is 0.357. The molecule has 0 aliphatic rings. The lowest BCUT2D eigenvalue weighted by Gasteiger charge is -2.12. The molecule has 0 spiro atoms. The Kier molecular flexibility index (Phi) is 3.59. The third kappa shape index (κ3) is 2.39. The maximum absolute atomic E-state index is 9.72. The first kappa shape index (κ1) is 11.9. The van der Waals surface area contributed by atoms with Crippen molar-refractivity contribution in [2.24, 2.45) is 0 Å². The van der Waals surface area contributed by atoms with Crippen molar-refractivity contribution >= 4 is 10.9 Å². The lowest BCUT2D eigenvalue weighted by molar-refractivity contribution is 0.201. The number of aromatic nitrogens is 1. The van der Waals surface area contributed by atoms with Crippen LogP contribution in [0.3, 0.4) is 0 Å². The van der Waals surface area contributed by atoms with E-state index in [1.165, 1.54) is 0 Å². The van der Waals surface area contributed by atoms with Gasteiger partial charge in [-0.15, -0.1) is 0 Å². The molecule has 1 atom stereocenters. The van der Waals surface area contributed by atoms with Crippen LogP contribution in [0.5, 0.6) is 5.75 Å². The number of rotatable bonds is 4. The predicted octanol–water partition coefficient (Wildman–Crippen LogP) is 3.08. The zero-order valence-electron chi connectivity index (χ0n) is 10.2. The minimum absolute atomic E-state index is 0.498. The summed E-state index contributed by atoms with van der Waals surface area (Å²) in [7, 11) is 0. The Labute approximate surface area is 101 Å². The Balaban J connectivity index is 2.54. The molecule has 0 saturated heterocycles. The van der Waals surface area contributed by atoms with Crippen molar-refractivity contribution in [2.75, 3.05) is 6.61 Å². The van der Waals surface area contributed by atoms with Crippen LogP contribution in [0.4, 0.5) is 0 Å². The number of ether oxygens (including phenoxy) is 1. The molecule has 0 bridgehead atoms. The van der Waals surface area contributed by atoms with Crippen LogP contribution in [0.2, 0.25) is 0 Å². The molecule has 1 aromatic carbocycles. The monoisotopic (exact) mass is 231 g/mol. The largest absolute Gasteiger partial charge is 0.491 e. The molecule has 0 fully saturated rings. The van der Waals surface area contributed by atoms with Gasteiger partial charge in [0.15, 0.2) is 0 Å². The minimum Gasteiger partial charge on any atom is -0.491 e. The zero-order valence-corrected chi connectivity index (χ0v) is 10.2. The van der Waals surface area contributed by atoms with Crippen molar-refractivity contribution in [3.05, 3.63) is 36.0 Å². The van der Waals surface area contributed by atoms with Gasteiger partial charge < -0.3 is 9.84 Å². The second-order valence-electron chi connectivity index (χ2n) is 4.08. The molecule has 0 aliphatic heterocycles. The first-order chi connectivity index (χ1) is 8.24. The van der Waals surface area contributed by atoms with Crippen LogP contribution in [0.1, 0.15) is 31.9 Å². The molecule has 0 radical (unpaired) electrons. The summed E-state index contributed by atoms with van der Waals surface area (Å²) >= 11 is 0. The normalized spacial score (nSPS) is 12.6. The molecule has 1 unspecified atom stereocenters. The number of nitrogens with zero attached hydrogens (tertiary/aromatic N) is 1. The van der Waals surface area contributed by atoms with Gasteiger partial charge in [0.2, 0.25) is 0 Å². The third-order valence-electron chi connectivity index (χ3n) is 2.68. The van der Waals surface area contributed by atoms with Crippen LogP contribution in [0.15, 0.2) is 30.5 Å². The van der Waals surface area contributed by atoms with Crippen LogP contribution in [0, 0.1) is 0 Å². The molecule has 2 aromatic rings. The molecule has 0 aliphatic carbocycles. The van der Waals surface area contributed by atoms with Crippen LogP contribution in [-0.2, 0) is 0 Å². The van der Waals surface area contributed by atoms with Gasteiger partial charge in [0.25, 0.3) is 0 Å². The van der Waals surface area contributed by atoms with E-state index in [2.05, 4.69) is 11.9 Å². The number of hydrogen-bond donors (Lipinski definition) is 1. The van der Waals surface area contributed by atoms with Gasteiger partial charge >= 0.3 is 0 Å². The number of aliphatic hydroxyl groups excluding tert-OH is 1. The van der Waals surface area contributed by atoms with E-state index in [1.54, 1.807) is 13.1 Å². The van der Waals surface area contributed by atoms with E-state index in [9.17, 15) is 5.11 Å². The summed E-state index contributed by atoms with van der Waals surface area (Å²) in [5.74, 6) is 0.784. The Morgan fingerprint density at radius 3 is 2.88 bits per heavy atom. The van der Waals surface area contributed by atoms with Crippen molar-refractivity contribution in [3.8, 4) is 5.75 Å². The first-order valence-electron chi connectivity index (χ1n) is 5.92. The van der Waals surface area contributed by atoms with Gasteiger partial charge in [0, 0.05) is 11.6 Å². The van der Waals surface area contributed by atoms with Gasteiger partial charge in [-0.3, -0.25) is 4.98 Å². The van der Waals surface area contributed by atoms with E-state index < -0.39 is 6.10 Å². The molecule has 0 saturated carbocycles. The van der Waals surface area contributed by atoms with Gasteiger partial charge in [0.05, 0.1) is 12.7 Å². The second-order valence-corrected chi connectivity index (χ2v) is 4.08. The Hall–Kier alpha value is -1.61. The van der Waals surface area contributed by atoms with Gasteiger partial charge in [-0.05, 0) is 31.0 Å². The standard InChI is InChI=1S/C14H17NO2/c1-3-9-17-13-7-6-11(10(2)16)12-5-4-8-15-14(12)13/h4-8,10,16H,3,9H2,1-2H3. The molecule has 1 heterocycles. The molecule has 90 valence electrons. The highest BCUT2D eigenvalue weighted by molar-refractivity contribution is 5.87. The van der Waals surface area contributed by atoms with Crippen LogP contribution in [-0.4, -0.2) is 16.7 Å². The average Bonchev–Trinajstić information content (AvgIpc) is 2.35. The molecule has 2 rings (SSSR count). The first-order valence-corrected chi connectivity index (χ1v) is 5.92. The topological polar surface area (TPSA) is 42.4 Å². The number of benzene rings is 1. The quantitative estimate of drug-likeness (QED) is 0.879. The summed E-state index contributed by atoms with van der Waals surface area (Å²) in [6.45, 7) is 4.51. The van der Waals surface area contributed by atoms with Crippen LogP contribution in [0.25, 0.3) is 10.9 Å². The second kappa shape index (κ2) is 5.15. The molecular weight excluding hydrogens is 214 g/mol.